The number of nitrogens with one attached hydrogen (secondary N) is 2. The molecule has 0 aromatic carbocycles. The minimum Gasteiger partial charge on any atom is -0.475 e. The van der Waals surface area contributed by atoms with E-state index in [1.807, 2.05) is 18.3 Å². The van der Waals surface area contributed by atoms with Gasteiger partial charge in [0.2, 0.25) is 17.5 Å². The predicted molar refractivity (Wildman–Crippen MR) is 150 cm³/mol. The lowest BCUT2D eigenvalue weighted by atomic mass is 9.66. The molecule has 1 aromatic heterocycles. The number of carbonyl (C=O) groups is 4. The molecule has 222 valence electrons. The lowest BCUT2D eigenvalue weighted by Crippen LogP contribution is -2.45. The van der Waals surface area contributed by atoms with Crippen molar-refractivity contribution < 1.29 is 37.5 Å². The number of aromatic nitrogens is 1. The smallest absolute Gasteiger partial charge is 0.475 e. The topological polar surface area (TPSA) is 179 Å². The first kappa shape index (κ1) is 31.3. The van der Waals surface area contributed by atoms with E-state index >= 15 is 0 Å². The van der Waals surface area contributed by atoms with Crippen molar-refractivity contribution in [3.63, 3.8) is 0 Å². The highest BCUT2D eigenvalue weighted by Crippen LogP contribution is 2.49. The van der Waals surface area contributed by atoms with Gasteiger partial charge in [-0.1, -0.05) is 17.3 Å². The number of carboxylic acids is 1. The number of carboxylic acid groups (broad SMARTS) is 1. The summed E-state index contributed by atoms with van der Waals surface area (Å²) >= 11 is 6.81. The molecule has 0 fully saturated rings. The molecule has 3 N–H and O–H groups in total. The molecule has 0 atom stereocenters. The maximum atomic E-state index is 13.8. The molecule has 12 nitrogen and oxygen atoms in total. The van der Waals surface area contributed by atoms with Gasteiger partial charge in [0.05, 0.1) is 20.4 Å². The zero-order valence-corrected chi connectivity index (χ0v) is 24.8. The lowest BCUT2D eigenvalue weighted by molar-refractivity contribution is -0.192. The Morgan fingerprint density at radius 1 is 1.24 bits per heavy atom. The maximum Gasteiger partial charge on any atom is 0.490 e. The van der Waals surface area contributed by atoms with Crippen LogP contribution in [0.3, 0.4) is 0 Å². The minimum atomic E-state index is -5.08. The molecule has 1 amide bonds. The van der Waals surface area contributed by atoms with Crippen LogP contribution in [0.1, 0.15) is 34.5 Å². The standard InChI is InChI=1S/C23H21Br2N7O3.C2HF3O2/c24-13-8-23(9-14(25)21(13)34)3-7-29-19-17(23)18-16-12(2-6-28-18)10-32(20(16)22(19)35)11-15(33)27-4-1-5-30-31-26;3-2(4,5)1(6)7/h8-10,29H,1-7,11H2,(H,27,33);(H,6,7). The molecule has 5 rings (SSSR count). The maximum absolute atomic E-state index is 13.8. The Balaban J connectivity index is 0.000000517. The van der Waals surface area contributed by atoms with Crippen molar-refractivity contribution in [1.29, 1.82) is 0 Å². The molecule has 0 radical (unpaired) electrons. The van der Waals surface area contributed by atoms with E-state index in [-0.39, 0.29) is 24.0 Å². The van der Waals surface area contributed by atoms with Crippen LogP contribution < -0.4 is 10.6 Å². The Kier molecular flexibility index (Phi) is 9.13. The summed E-state index contributed by atoms with van der Waals surface area (Å²) in [6.07, 6.45) is 2.44. The van der Waals surface area contributed by atoms with Gasteiger partial charge in [-0.05, 0) is 62.2 Å². The van der Waals surface area contributed by atoms with E-state index in [9.17, 15) is 27.6 Å². The highest BCUT2D eigenvalue weighted by molar-refractivity contribution is 9.13. The molecule has 3 heterocycles. The molecule has 1 spiro atoms. The fraction of sp³-hybridized carbons (Fsp3) is 0.400. The normalized spacial score (nSPS) is 18.3. The Labute approximate surface area is 252 Å². The number of alkyl halides is 3. The molecule has 42 heavy (non-hydrogen) atoms. The van der Waals surface area contributed by atoms with E-state index in [2.05, 4.69) is 52.5 Å². The quantitative estimate of drug-likeness (QED) is 0.174. The van der Waals surface area contributed by atoms with Crippen LogP contribution >= 0.6 is 31.9 Å². The first-order valence-electron chi connectivity index (χ1n) is 12.5. The van der Waals surface area contributed by atoms with Gasteiger partial charge in [0, 0.05) is 53.8 Å². The number of hydrogen-bond donors (Lipinski definition) is 3. The van der Waals surface area contributed by atoms with E-state index < -0.39 is 17.6 Å². The predicted octanol–water partition coefficient (Wildman–Crippen LogP) is 3.85. The summed E-state index contributed by atoms with van der Waals surface area (Å²) in [5.74, 6) is -3.30. The SMILES string of the molecule is O=C(O)C(F)(F)F.[N-]=[N+]=NCCCNC(=O)Cn1cc2c3c1C(=O)C1=C(C3=NCC2)C2(C=C(Br)C(=O)C(Br)=C2)CCN1. The van der Waals surface area contributed by atoms with Crippen LogP contribution in [0.4, 0.5) is 13.2 Å². The highest BCUT2D eigenvalue weighted by atomic mass is 79.9. The third-order valence-electron chi connectivity index (χ3n) is 6.86. The summed E-state index contributed by atoms with van der Waals surface area (Å²) < 4.78 is 34.3. The fourth-order valence-electron chi connectivity index (χ4n) is 5.16. The molecule has 0 saturated carbocycles. The highest BCUT2D eigenvalue weighted by Gasteiger charge is 2.48. The molecule has 4 aliphatic rings. The number of azide groups is 1. The van der Waals surface area contributed by atoms with E-state index in [1.54, 1.807) is 4.57 Å². The van der Waals surface area contributed by atoms with Gasteiger partial charge in [-0.3, -0.25) is 19.4 Å². The first-order valence-corrected chi connectivity index (χ1v) is 14.1. The summed E-state index contributed by atoms with van der Waals surface area (Å²) in [5, 5.41) is 16.7. The van der Waals surface area contributed by atoms with Crippen molar-refractivity contribution in [2.24, 2.45) is 15.5 Å². The average Bonchev–Trinajstić information content (AvgIpc) is 3.28. The number of amides is 1. The van der Waals surface area contributed by atoms with Crippen molar-refractivity contribution in [3.8, 4) is 0 Å². The number of ketones is 2. The van der Waals surface area contributed by atoms with Gasteiger partial charge in [-0.25, -0.2) is 4.79 Å². The van der Waals surface area contributed by atoms with Gasteiger partial charge in [0.25, 0.3) is 0 Å². The van der Waals surface area contributed by atoms with Crippen LogP contribution in [0.15, 0.2) is 48.7 Å². The number of fused-ring (bicyclic) bond motifs is 2. The van der Waals surface area contributed by atoms with Crippen LogP contribution in [0.25, 0.3) is 10.4 Å². The third kappa shape index (κ3) is 6.08. The summed E-state index contributed by atoms with van der Waals surface area (Å²) in [5.41, 5.74) is 11.9. The van der Waals surface area contributed by atoms with Crippen molar-refractivity contribution in [2.45, 2.75) is 32.0 Å². The van der Waals surface area contributed by atoms with E-state index in [0.717, 1.165) is 22.4 Å². The number of aliphatic carboxylic acids is 1. The lowest BCUT2D eigenvalue weighted by Gasteiger charge is -2.41. The monoisotopic (exact) mass is 715 g/mol. The second kappa shape index (κ2) is 12.3. The van der Waals surface area contributed by atoms with Crippen LogP contribution in [0.2, 0.25) is 0 Å². The van der Waals surface area contributed by atoms with Gasteiger partial charge in [0.1, 0.15) is 12.2 Å². The third-order valence-corrected chi connectivity index (χ3v) is 8.04. The second-order valence-corrected chi connectivity index (χ2v) is 11.3. The van der Waals surface area contributed by atoms with Crippen LogP contribution in [-0.4, -0.2) is 71.2 Å². The number of hydrogen-bond acceptors (Lipinski definition) is 7. The van der Waals surface area contributed by atoms with Crippen molar-refractivity contribution >= 4 is 61.0 Å². The molecular weight excluding hydrogens is 695 g/mol. The van der Waals surface area contributed by atoms with Gasteiger partial charge in [-0.15, -0.1) is 0 Å². The average molecular weight is 717 g/mol. The largest absolute Gasteiger partial charge is 0.490 e. The summed E-state index contributed by atoms with van der Waals surface area (Å²) in [7, 11) is 0. The molecule has 0 unspecified atom stereocenters. The Morgan fingerprint density at radius 3 is 2.52 bits per heavy atom. The Bertz CT molecular complexity index is 1530. The Hall–Kier alpha value is -3.69. The van der Waals surface area contributed by atoms with Crippen molar-refractivity contribution in [1.82, 2.24) is 15.2 Å². The first-order chi connectivity index (χ1) is 19.8. The molecule has 17 heteroatoms. The van der Waals surface area contributed by atoms with Gasteiger partial charge in [0.15, 0.2) is 0 Å². The summed E-state index contributed by atoms with van der Waals surface area (Å²) in [4.78, 5) is 55.3. The number of allylic oxidation sites excluding steroid dienone is 6. The molecular formula is C25H22Br2F3N7O5. The number of rotatable bonds is 6. The number of carbonyl (C=O) groups excluding carboxylic acids is 3. The molecule has 0 saturated heterocycles. The van der Waals surface area contributed by atoms with Gasteiger partial charge < -0.3 is 20.3 Å². The van der Waals surface area contributed by atoms with Crippen LogP contribution in [0.5, 0.6) is 0 Å². The zero-order chi connectivity index (χ0) is 30.8. The number of nitrogens with zero attached hydrogens (tertiary/aromatic N) is 5. The van der Waals surface area contributed by atoms with E-state index in [0.29, 0.717) is 65.8 Å². The molecule has 1 aromatic rings. The molecule has 0 bridgehead atoms. The molecule has 2 aliphatic heterocycles. The number of halogens is 5. The summed E-state index contributed by atoms with van der Waals surface area (Å²) in [6.45, 7) is 1.82. The van der Waals surface area contributed by atoms with Crippen LogP contribution in [-0.2, 0) is 27.3 Å². The number of Topliss-reactive ketones (excluding diaryl/α,β-unsaturated/α-hetero) is 2. The zero-order valence-electron chi connectivity index (χ0n) is 21.6. The van der Waals surface area contributed by atoms with Crippen molar-refractivity contribution in [2.75, 3.05) is 26.2 Å². The van der Waals surface area contributed by atoms with E-state index in [1.165, 1.54) is 0 Å². The second-order valence-electron chi connectivity index (χ2n) is 9.56. The Morgan fingerprint density at radius 2 is 1.90 bits per heavy atom. The minimum absolute atomic E-state index is 0.00201. The van der Waals surface area contributed by atoms with Gasteiger partial charge >= 0.3 is 12.1 Å². The number of aliphatic imine (C=N–C) groups is 1. The summed E-state index contributed by atoms with van der Waals surface area (Å²) in [6, 6.07) is 0. The van der Waals surface area contributed by atoms with Crippen molar-refractivity contribution in [3.05, 3.63) is 65.8 Å². The molecule has 2 aliphatic carbocycles. The van der Waals surface area contributed by atoms with E-state index in [4.69, 9.17) is 20.4 Å². The van der Waals surface area contributed by atoms with Gasteiger partial charge in [-0.2, -0.15) is 13.2 Å². The fourth-order valence-corrected chi connectivity index (χ4v) is 6.67. The van der Waals surface area contributed by atoms with Crippen LogP contribution in [0, 0.1) is 5.41 Å².